The summed E-state index contributed by atoms with van der Waals surface area (Å²) in [6.45, 7) is 3.81. The maximum atomic E-state index is 15.1. The lowest BCUT2D eigenvalue weighted by molar-refractivity contribution is -0.124. The molecule has 1 atom stereocenters. The van der Waals surface area contributed by atoms with Crippen molar-refractivity contribution < 1.29 is 23.1 Å². The maximum absolute atomic E-state index is 15.1. The fourth-order valence-electron chi connectivity index (χ4n) is 5.31. The molecule has 3 aromatic heterocycles. The predicted molar refractivity (Wildman–Crippen MR) is 161 cm³/mol. The van der Waals surface area contributed by atoms with Crippen LogP contribution in [0.15, 0.2) is 65.7 Å². The number of amides is 1. The van der Waals surface area contributed by atoms with Crippen molar-refractivity contribution in [2.24, 2.45) is 0 Å². The molecule has 0 unspecified atom stereocenters. The number of hydrogen-bond acceptors (Lipinski definition) is 11. The summed E-state index contributed by atoms with van der Waals surface area (Å²) in [5.74, 6) is 0.375. The number of piperazine rings is 1. The number of nitrogens with zero attached hydrogens (tertiary/aromatic N) is 6. The summed E-state index contributed by atoms with van der Waals surface area (Å²) in [6, 6.07) is 8.66. The molecule has 44 heavy (non-hydrogen) atoms. The van der Waals surface area contributed by atoms with E-state index in [1.54, 1.807) is 31.6 Å². The third-order valence-corrected chi connectivity index (χ3v) is 7.66. The minimum Gasteiger partial charge on any atom is -0.468 e. The lowest BCUT2D eigenvalue weighted by atomic mass is 10.0. The molecule has 1 fully saturated rings. The normalized spacial score (nSPS) is 15.8. The Morgan fingerprint density at radius 2 is 1.98 bits per heavy atom. The number of likely N-dealkylation sites (N-methyl/N-ethyl adjacent to an activating group) is 1. The Bertz CT molecular complexity index is 1620. The van der Waals surface area contributed by atoms with Crippen molar-refractivity contribution >= 4 is 28.8 Å². The third kappa shape index (κ3) is 6.59. The second-order valence-corrected chi connectivity index (χ2v) is 10.6. The van der Waals surface area contributed by atoms with E-state index in [0.717, 1.165) is 43.5 Å². The number of carbonyl (C=O) groups is 1. The number of fused-ring (bicyclic) bond motifs is 1. The number of ether oxygens (including phenoxy) is 2. The molecule has 2 N–H and O–H groups in total. The molecule has 0 bridgehead atoms. The van der Waals surface area contributed by atoms with Gasteiger partial charge in [0.15, 0.2) is 12.4 Å². The van der Waals surface area contributed by atoms with Crippen LogP contribution in [0.25, 0.3) is 5.57 Å². The fourth-order valence-corrected chi connectivity index (χ4v) is 5.31. The minimum absolute atomic E-state index is 0.124. The molecule has 4 aromatic rings. The minimum atomic E-state index is -0.548. The van der Waals surface area contributed by atoms with Crippen molar-refractivity contribution in [2.75, 3.05) is 57.6 Å². The van der Waals surface area contributed by atoms with Gasteiger partial charge in [-0.1, -0.05) is 18.2 Å². The Morgan fingerprint density at radius 1 is 1.11 bits per heavy atom. The lowest BCUT2D eigenvalue weighted by Gasteiger charge is -2.36. The number of methoxy groups -OCH3 is 1. The number of benzene rings is 1. The zero-order valence-corrected chi connectivity index (χ0v) is 24.5. The van der Waals surface area contributed by atoms with Crippen molar-refractivity contribution in [3.8, 4) is 5.88 Å². The molecule has 1 saturated heterocycles. The van der Waals surface area contributed by atoms with E-state index in [9.17, 15) is 4.79 Å². The van der Waals surface area contributed by atoms with Gasteiger partial charge in [0.1, 0.15) is 18.0 Å². The van der Waals surface area contributed by atoms with Crippen LogP contribution in [0.5, 0.6) is 5.88 Å². The maximum Gasteiger partial charge on any atom is 0.244 e. The number of aromatic nitrogens is 4. The van der Waals surface area contributed by atoms with Crippen LogP contribution in [0.1, 0.15) is 22.7 Å². The van der Waals surface area contributed by atoms with Gasteiger partial charge in [-0.2, -0.15) is 0 Å². The smallest absolute Gasteiger partial charge is 0.244 e. The summed E-state index contributed by atoms with van der Waals surface area (Å²) in [4.78, 5) is 34.7. The Morgan fingerprint density at radius 3 is 2.73 bits per heavy atom. The van der Waals surface area contributed by atoms with Crippen molar-refractivity contribution in [2.45, 2.75) is 19.1 Å². The van der Waals surface area contributed by atoms with Gasteiger partial charge in [0.2, 0.25) is 23.6 Å². The topological polar surface area (TPSA) is 131 Å². The van der Waals surface area contributed by atoms with Crippen molar-refractivity contribution in [1.82, 2.24) is 29.7 Å². The van der Waals surface area contributed by atoms with E-state index in [-0.39, 0.29) is 24.2 Å². The number of nitrogens with one attached hydrogen (secondary N) is 2. The number of pyridine rings is 1. The number of halogens is 1. The van der Waals surface area contributed by atoms with Crippen LogP contribution in [0.2, 0.25) is 0 Å². The first-order valence-corrected chi connectivity index (χ1v) is 14.3. The highest BCUT2D eigenvalue weighted by atomic mass is 19.1. The average Bonchev–Trinajstić information content (AvgIpc) is 3.72. The van der Waals surface area contributed by atoms with Gasteiger partial charge in [-0.05, 0) is 36.7 Å². The molecule has 13 heteroatoms. The van der Waals surface area contributed by atoms with Crippen LogP contribution in [-0.4, -0.2) is 88.6 Å². The zero-order valence-electron chi connectivity index (χ0n) is 24.5. The number of oxazole rings is 1. The third-order valence-electron chi connectivity index (χ3n) is 7.66. The van der Waals surface area contributed by atoms with Gasteiger partial charge < -0.3 is 29.4 Å². The number of rotatable bonds is 11. The van der Waals surface area contributed by atoms with Crippen molar-refractivity contribution in [3.05, 3.63) is 89.8 Å². The molecule has 0 spiro atoms. The molecule has 1 aliphatic heterocycles. The van der Waals surface area contributed by atoms with Gasteiger partial charge >= 0.3 is 0 Å². The van der Waals surface area contributed by atoms with Gasteiger partial charge in [0.25, 0.3) is 0 Å². The Hall–Kier alpha value is -4.72. The van der Waals surface area contributed by atoms with Crippen LogP contribution >= 0.6 is 0 Å². The Balaban J connectivity index is 1.15. The van der Waals surface area contributed by atoms with E-state index in [1.165, 1.54) is 6.26 Å². The fraction of sp³-hybridized carbons (Fsp3) is 0.323. The molecule has 228 valence electrons. The van der Waals surface area contributed by atoms with Crippen LogP contribution in [0, 0.1) is 5.82 Å². The quantitative estimate of drug-likeness (QED) is 0.262. The molecule has 2 aliphatic rings. The van der Waals surface area contributed by atoms with E-state index in [2.05, 4.69) is 47.4 Å². The van der Waals surface area contributed by atoms with E-state index >= 15 is 4.39 Å². The molecular formula is C31H33FN8O4. The van der Waals surface area contributed by atoms with Crippen LogP contribution in [0.4, 0.5) is 21.7 Å². The van der Waals surface area contributed by atoms with Gasteiger partial charge in [-0.3, -0.25) is 9.69 Å². The van der Waals surface area contributed by atoms with Crippen LogP contribution in [-0.2, 0) is 22.6 Å². The van der Waals surface area contributed by atoms with E-state index in [1.807, 2.05) is 24.3 Å². The summed E-state index contributed by atoms with van der Waals surface area (Å²) >= 11 is 0. The number of hydrogen-bond donors (Lipinski definition) is 2. The SMILES string of the molecule is COC[C@H](C(=O)Nc1cccc2c1CC=C2c1nc(Nc2ccc(OCc3ncco3)nc2)ncc1F)N1CCN(C)CC1. The number of allylic oxidation sites excluding steroid dienone is 1. The van der Waals surface area contributed by atoms with Crippen molar-refractivity contribution in [3.63, 3.8) is 0 Å². The molecule has 4 heterocycles. The molecule has 1 amide bonds. The zero-order chi connectivity index (χ0) is 30.5. The predicted octanol–water partition coefficient (Wildman–Crippen LogP) is 3.51. The summed E-state index contributed by atoms with van der Waals surface area (Å²) < 4.78 is 31.2. The summed E-state index contributed by atoms with van der Waals surface area (Å²) in [5, 5.41) is 6.19. The van der Waals surface area contributed by atoms with Gasteiger partial charge in [-0.15, -0.1) is 0 Å². The Kier molecular flexibility index (Phi) is 8.86. The average molecular weight is 601 g/mol. The summed E-state index contributed by atoms with van der Waals surface area (Å²) in [7, 11) is 3.68. The lowest BCUT2D eigenvalue weighted by Crippen LogP contribution is -2.54. The van der Waals surface area contributed by atoms with Crippen LogP contribution in [0.3, 0.4) is 0 Å². The standard InChI is InChI=1S/C31H33FN8O4/c1-39-11-13-40(14-12-39)26(18-42-2)30(41)37-25-5-3-4-21-22(25)7-8-23(21)29-24(32)17-35-31(38-29)36-20-6-9-27(34-16-20)44-19-28-33-10-15-43-28/h3-6,8-10,15-17,26H,7,11-14,18-19H2,1-2H3,(H,37,41)(H,35,36,38)/t26-/m1/s1. The molecule has 1 aromatic carbocycles. The van der Waals surface area contributed by atoms with E-state index < -0.39 is 11.9 Å². The highest BCUT2D eigenvalue weighted by Gasteiger charge is 2.30. The first-order valence-electron chi connectivity index (χ1n) is 14.3. The molecule has 12 nitrogen and oxygen atoms in total. The van der Waals surface area contributed by atoms with Gasteiger partial charge in [-0.25, -0.2) is 24.3 Å². The largest absolute Gasteiger partial charge is 0.468 e. The highest BCUT2D eigenvalue weighted by molar-refractivity contribution is 5.97. The molecule has 0 radical (unpaired) electrons. The van der Waals surface area contributed by atoms with E-state index in [0.29, 0.717) is 41.7 Å². The highest BCUT2D eigenvalue weighted by Crippen LogP contribution is 2.37. The van der Waals surface area contributed by atoms with Gasteiger partial charge in [0, 0.05) is 50.6 Å². The monoisotopic (exact) mass is 600 g/mol. The molecule has 6 rings (SSSR count). The summed E-state index contributed by atoms with van der Waals surface area (Å²) in [6.07, 6.45) is 8.17. The Labute approximate surface area is 253 Å². The van der Waals surface area contributed by atoms with Gasteiger partial charge in [0.05, 0.1) is 30.9 Å². The molecule has 1 aliphatic carbocycles. The molecular weight excluding hydrogens is 567 g/mol. The molecule has 0 saturated carbocycles. The second-order valence-electron chi connectivity index (χ2n) is 10.6. The second kappa shape index (κ2) is 13.3. The van der Waals surface area contributed by atoms with Crippen molar-refractivity contribution in [1.29, 1.82) is 0 Å². The first kappa shape index (κ1) is 29.4. The van der Waals surface area contributed by atoms with E-state index in [4.69, 9.17) is 13.9 Å². The first-order chi connectivity index (χ1) is 21.5. The summed E-state index contributed by atoms with van der Waals surface area (Å²) in [5.41, 5.74) is 3.81. The number of carbonyl (C=O) groups excluding carboxylic acids is 1. The van der Waals surface area contributed by atoms with Crippen LogP contribution < -0.4 is 15.4 Å². The number of anilines is 3.